The average Bonchev–Trinajstić information content (AvgIpc) is 2.36. The zero-order valence-corrected chi connectivity index (χ0v) is 10.5. The van der Waals surface area contributed by atoms with Crippen molar-refractivity contribution in [3.63, 3.8) is 0 Å². The molecule has 1 aromatic carbocycles. The Labute approximate surface area is 107 Å². The maximum Gasteiger partial charge on any atom is 0.156 e. The van der Waals surface area contributed by atoms with Gasteiger partial charge in [-0.3, -0.25) is 4.79 Å². The van der Waals surface area contributed by atoms with Gasteiger partial charge in [-0.2, -0.15) is 0 Å². The lowest BCUT2D eigenvalue weighted by atomic mass is 9.88. The van der Waals surface area contributed by atoms with Crippen LogP contribution in [0.2, 0.25) is 0 Å². The molecule has 92 valence electrons. The van der Waals surface area contributed by atoms with Gasteiger partial charge in [0.15, 0.2) is 5.78 Å². The van der Waals surface area contributed by atoms with Crippen LogP contribution in [0.5, 0.6) is 0 Å². The largest absolute Gasteiger partial charge is 0.376 e. The second kappa shape index (κ2) is 6.18. The standard InChI is InChI=1S/C14H17ClO2/c15-13-8-4-7-12(14(13)16)10-17-9-11-5-2-1-3-6-11/h1-3,5-6,12-13H,4,7-10H2. The highest BCUT2D eigenvalue weighted by Gasteiger charge is 2.29. The molecule has 0 bridgehead atoms. The monoisotopic (exact) mass is 252 g/mol. The van der Waals surface area contributed by atoms with E-state index in [9.17, 15) is 4.79 Å². The summed E-state index contributed by atoms with van der Waals surface area (Å²) >= 11 is 5.95. The maximum atomic E-state index is 11.8. The molecule has 1 saturated carbocycles. The number of hydrogen-bond donors (Lipinski definition) is 0. The predicted octanol–water partition coefficient (Wildman–Crippen LogP) is 3.18. The molecule has 0 aliphatic heterocycles. The van der Waals surface area contributed by atoms with Crippen LogP contribution >= 0.6 is 11.6 Å². The van der Waals surface area contributed by atoms with Gasteiger partial charge in [0.2, 0.25) is 0 Å². The molecule has 1 aromatic rings. The van der Waals surface area contributed by atoms with Crippen molar-refractivity contribution in [3.8, 4) is 0 Å². The first-order valence-corrected chi connectivity index (χ1v) is 6.50. The van der Waals surface area contributed by atoms with Crippen molar-refractivity contribution in [1.82, 2.24) is 0 Å². The van der Waals surface area contributed by atoms with Crippen molar-refractivity contribution in [2.24, 2.45) is 5.92 Å². The van der Waals surface area contributed by atoms with Crippen molar-refractivity contribution >= 4 is 17.4 Å². The molecule has 0 aromatic heterocycles. The Morgan fingerprint density at radius 2 is 2.00 bits per heavy atom. The minimum atomic E-state index is -0.297. The molecule has 2 atom stereocenters. The molecular weight excluding hydrogens is 236 g/mol. The first-order valence-electron chi connectivity index (χ1n) is 6.07. The third-order valence-electron chi connectivity index (χ3n) is 3.15. The van der Waals surface area contributed by atoms with Crippen LogP contribution in [0.4, 0.5) is 0 Å². The highest BCUT2D eigenvalue weighted by atomic mass is 35.5. The van der Waals surface area contributed by atoms with E-state index in [0.717, 1.165) is 24.8 Å². The highest BCUT2D eigenvalue weighted by Crippen LogP contribution is 2.25. The second-order valence-corrected chi connectivity index (χ2v) is 5.03. The van der Waals surface area contributed by atoms with Gasteiger partial charge in [-0.15, -0.1) is 11.6 Å². The van der Waals surface area contributed by atoms with Crippen LogP contribution in [0.25, 0.3) is 0 Å². The number of ketones is 1. The summed E-state index contributed by atoms with van der Waals surface area (Å²) in [5.74, 6) is 0.154. The maximum absolute atomic E-state index is 11.8. The van der Waals surface area contributed by atoms with Gasteiger partial charge in [0.1, 0.15) is 0 Å². The third-order valence-corrected chi connectivity index (χ3v) is 3.59. The van der Waals surface area contributed by atoms with Crippen LogP contribution in [0.3, 0.4) is 0 Å². The second-order valence-electron chi connectivity index (χ2n) is 4.50. The Morgan fingerprint density at radius 3 is 2.76 bits per heavy atom. The summed E-state index contributed by atoms with van der Waals surface area (Å²) in [5.41, 5.74) is 1.14. The Morgan fingerprint density at radius 1 is 1.24 bits per heavy atom. The fourth-order valence-corrected chi connectivity index (χ4v) is 2.47. The SMILES string of the molecule is O=C1C(Cl)CCCC1COCc1ccccc1. The smallest absolute Gasteiger partial charge is 0.156 e. The van der Waals surface area contributed by atoms with E-state index in [-0.39, 0.29) is 17.1 Å². The van der Waals surface area contributed by atoms with Gasteiger partial charge in [-0.1, -0.05) is 36.8 Å². The van der Waals surface area contributed by atoms with Crippen molar-refractivity contribution in [2.45, 2.75) is 31.2 Å². The number of carbonyl (C=O) groups is 1. The normalized spacial score (nSPS) is 24.9. The fourth-order valence-electron chi connectivity index (χ4n) is 2.14. The van der Waals surface area contributed by atoms with E-state index in [0.29, 0.717) is 13.2 Å². The Balaban J connectivity index is 1.77. The Hall–Kier alpha value is -0.860. The minimum absolute atomic E-state index is 0.00466. The molecule has 2 rings (SSSR count). The molecular formula is C14H17ClO2. The summed E-state index contributed by atoms with van der Waals surface area (Å²) in [6.45, 7) is 1.06. The fraction of sp³-hybridized carbons (Fsp3) is 0.500. The number of carbonyl (C=O) groups excluding carboxylic acids is 1. The first kappa shape index (κ1) is 12.6. The highest BCUT2D eigenvalue weighted by molar-refractivity contribution is 6.31. The molecule has 1 aliphatic rings. The topological polar surface area (TPSA) is 26.3 Å². The van der Waals surface area contributed by atoms with E-state index in [2.05, 4.69) is 0 Å². The summed E-state index contributed by atoms with van der Waals surface area (Å²) in [6, 6.07) is 9.99. The predicted molar refractivity (Wildman–Crippen MR) is 68.1 cm³/mol. The molecule has 2 nitrogen and oxygen atoms in total. The summed E-state index contributed by atoms with van der Waals surface area (Å²) < 4.78 is 5.60. The molecule has 0 spiro atoms. The lowest BCUT2D eigenvalue weighted by Gasteiger charge is -2.23. The van der Waals surface area contributed by atoms with Gasteiger partial charge in [-0.05, 0) is 18.4 Å². The van der Waals surface area contributed by atoms with E-state index < -0.39 is 0 Å². The summed E-state index contributed by atoms with van der Waals surface area (Å²) in [6.07, 6.45) is 2.76. The molecule has 17 heavy (non-hydrogen) atoms. The summed E-state index contributed by atoms with van der Waals surface area (Å²) in [7, 11) is 0. The van der Waals surface area contributed by atoms with E-state index in [4.69, 9.17) is 16.3 Å². The van der Waals surface area contributed by atoms with Crippen molar-refractivity contribution in [2.75, 3.05) is 6.61 Å². The molecule has 0 radical (unpaired) electrons. The van der Waals surface area contributed by atoms with Gasteiger partial charge in [-0.25, -0.2) is 0 Å². The van der Waals surface area contributed by atoms with Crippen LogP contribution in [-0.4, -0.2) is 17.8 Å². The molecule has 0 saturated heterocycles. The summed E-state index contributed by atoms with van der Waals surface area (Å²) in [5, 5.41) is -0.297. The number of ether oxygens (including phenoxy) is 1. The Kier molecular flexibility index (Phi) is 4.57. The number of alkyl halides is 1. The van der Waals surface area contributed by atoms with Crippen molar-refractivity contribution in [3.05, 3.63) is 35.9 Å². The van der Waals surface area contributed by atoms with E-state index in [1.54, 1.807) is 0 Å². The van der Waals surface area contributed by atoms with Crippen LogP contribution in [-0.2, 0) is 16.1 Å². The lowest BCUT2D eigenvalue weighted by molar-refractivity contribution is -0.126. The average molecular weight is 253 g/mol. The van der Waals surface area contributed by atoms with Gasteiger partial charge < -0.3 is 4.74 Å². The third kappa shape index (κ3) is 3.55. The zero-order valence-electron chi connectivity index (χ0n) is 9.77. The zero-order chi connectivity index (χ0) is 12.1. The molecule has 3 heteroatoms. The van der Waals surface area contributed by atoms with Gasteiger partial charge in [0.05, 0.1) is 18.6 Å². The summed E-state index contributed by atoms with van der Waals surface area (Å²) in [4.78, 5) is 11.8. The van der Waals surface area contributed by atoms with E-state index >= 15 is 0 Å². The van der Waals surface area contributed by atoms with Crippen molar-refractivity contribution in [1.29, 1.82) is 0 Å². The van der Waals surface area contributed by atoms with E-state index in [1.807, 2.05) is 30.3 Å². The molecule has 1 fully saturated rings. The molecule has 0 N–H and O–H groups in total. The number of halogens is 1. The molecule has 1 aliphatic carbocycles. The number of rotatable bonds is 4. The minimum Gasteiger partial charge on any atom is -0.376 e. The van der Waals surface area contributed by atoms with Gasteiger partial charge in [0, 0.05) is 5.92 Å². The van der Waals surface area contributed by atoms with Crippen LogP contribution < -0.4 is 0 Å². The van der Waals surface area contributed by atoms with E-state index in [1.165, 1.54) is 0 Å². The number of hydrogen-bond acceptors (Lipinski definition) is 2. The van der Waals surface area contributed by atoms with Crippen LogP contribution in [0.1, 0.15) is 24.8 Å². The Bertz CT molecular complexity index is 364. The lowest BCUT2D eigenvalue weighted by Crippen LogP contribution is -2.31. The van der Waals surface area contributed by atoms with Crippen molar-refractivity contribution < 1.29 is 9.53 Å². The molecule has 0 heterocycles. The molecule has 0 amide bonds. The molecule has 2 unspecified atom stereocenters. The number of Topliss-reactive ketones (excluding diaryl/α,β-unsaturated/α-hetero) is 1. The van der Waals surface area contributed by atoms with Crippen LogP contribution in [0, 0.1) is 5.92 Å². The first-order chi connectivity index (χ1) is 8.27. The van der Waals surface area contributed by atoms with Gasteiger partial charge in [0.25, 0.3) is 0 Å². The quantitative estimate of drug-likeness (QED) is 0.770. The van der Waals surface area contributed by atoms with Gasteiger partial charge >= 0.3 is 0 Å². The van der Waals surface area contributed by atoms with Crippen LogP contribution in [0.15, 0.2) is 30.3 Å². The number of benzene rings is 1.